The lowest BCUT2D eigenvalue weighted by Crippen LogP contribution is -2.61. The van der Waals surface area contributed by atoms with Crippen LogP contribution in [0.2, 0.25) is 0 Å². The van der Waals surface area contributed by atoms with Crippen molar-refractivity contribution in [1.29, 1.82) is 0 Å². The van der Waals surface area contributed by atoms with Gasteiger partial charge < -0.3 is 28.4 Å². The van der Waals surface area contributed by atoms with Gasteiger partial charge in [0.25, 0.3) is 3.79 Å². The smallest absolute Gasteiger partial charge is 0.359 e. The highest BCUT2D eigenvalue weighted by molar-refractivity contribution is 6.75. The molecule has 35 heavy (non-hydrogen) atoms. The Kier molecular flexibility index (Phi) is 9.72. The highest BCUT2D eigenvalue weighted by Gasteiger charge is 2.54. The number of hydrogen-bond acceptors (Lipinski definition) is 12. The molecule has 1 aliphatic heterocycles. The first-order valence-corrected chi connectivity index (χ1v) is 10.9. The van der Waals surface area contributed by atoms with E-state index < -0.39 is 70.6 Å². The zero-order valence-electron chi connectivity index (χ0n) is 18.8. The number of rotatable bonds is 7. The maximum atomic E-state index is 12.7. The molecule has 0 aliphatic carbocycles. The quantitative estimate of drug-likeness (QED) is 0.264. The summed E-state index contributed by atoms with van der Waals surface area (Å²) in [6, 6.07) is 1.29. The molecule has 1 saturated heterocycles. The Morgan fingerprint density at radius 1 is 1.00 bits per heavy atom. The van der Waals surface area contributed by atoms with Crippen molar-refractivity contribution < 1.29 is 47.6 Å². The maximum Gasteiger partial charge on any atom is 0.359 e. The van der Waals surface area contributed by atoms with Crippen LogP contribution >= 0.6 is 34.8 Å². The topological polar surface area (TPSA) is 159 Å². The maximum absolute atomic E-state index is 12.7. The van der Waals surface area contributed by atoms with Crippen LogP contribution in [0.5, 0.6) is 5.88 Å². The fourth-order valence-corrected chi connectivity index (χ4v) is 3.27. The lowest BCUT2D eigenvalue weighted by atomic mass is 9.97. The predicted molar refractivity (Wildman–Crippen MR) is 117 cm³/mol. The summed E-state index contributed by atoms with van der Waals surface area (Å²) >= 11 is 16.9. The Hall–Kier alpha value is -2.61. The van der Waals surface area contributed by atoms with Crippen molar-refractivity contribution in [2.24, 2.45) is 0 Å². The van der Waals surface area contributed by atoms with Crippen LogP contribution in [0.15, 0.2) is 17.1 Å². The summed E-state index contributed by atoms with van der Waals surface area (Å²) < 4.78 is 29.9. The molecule has 1 aliphatic rings. The monoisotopic (exact) mass is 558 g/mol. The van der Waals surface area contributed by atoms with Gasteiger partial charge in [-0.25, -0.2) is 9.59 Å². The van der Waals surface area contributed by atoms with E-state index in [0.717, 1.165) is 25.3 Å². The van der Waals surface area contributed by atoms with Gasteiger partial charge in [0.1, 0.15) is 12.7 Å². The molecule has 5 atom stereocenters. The van der Waals surface area contributed by atoms with Gasteiger partial charge in [-0.05, 0) is 0 Å². The first kappa shape index (κ1) is 28.6. The fraction of sp³-hybridized carbons (Fsp3) is 0.579. The predicted octanol–water partition coefficient (Wildman–Crippen LogP) is 0.858. The molecule has 16 heteroatoms. The summed E-state index contributed by atoms with van der Waals surface area (Å²) in [6.45, 7) is 2.71. The Labute approximate surface area is 213 Å². The van der Waals surface area contributed by atoms with Gasteiger partial charge in [0, 0.05) is 33.0 Å². The average Bonchev–Trinajstić information content (AvgIpc) is 2.73. The number of ether oxygens (including phenoxy) is 6. The number of halogens is 3. The second kappa shape index (κ2) is 11.9. The van der Waals surface area contributed by atoms with Crippen LogP contribution in [0.3, 0.4) is 0 Å². The first-order chi connectivity index (χ1) is 16.2. The van der Waals surface area contributed by atoms with Crippen molar-refractivity contribution in [3.63, 3.8) is 0 Å². The molecule has 0 spiro atoms. The van der Waals surface area contributed by atoms with Crippen LogP contribution in [0.1, 0.15) is 27.0 Å². The van der Waals surface area contributed by atoms with E-state index in [1.54, 1.807) is 0 Å². The molecular weight excluding hydrogens is 539 g/mol. The van der Waals surface area contributed by atoms with E-state index in [4.69, 9.17) is 63.2 Å². The van der Waals surface area contributed by atoms with Gasteiger partial charge in [-0.2, -0.15) is 4.98 Å². The highest BCUT2D eigenvalue weighted by atomic mass is 35.6. The normalized spacial score (nSPS) is 24.1. The number of carbonyl (C=O) groups is 4. The molecule has 2 heterocycles. The zero-order chi connectivity index (χ0) is 26.5. The molecule has 0 aromatic carbocycles. The molecule has 13 nitrogen and oxygen atoms in total. The highest BCUT2D eigenvalue weighted by Crippen LogP contribution is 2.36. The molecule has 194 valence electrons. The second-order valence-corrected chi connectivity index (χ2v) is 9.32. The van der Waals surface area contributed by atoms with Crippen LogP contribution in [0, 0.1) is 0 Å². The summed E-state index contributed by atoms with van der Waals surface area (Å²) in [4.78, 5) is 64.0. The standard InChI is InChI=1S/C19H21Cl3N2O11/c1-8(25)31-7-11-13(32-9(2)26)14(33-10(3)27)15(35-17(28)19(20,21)22)16(34-11)24-6-5-12(30-4)23-18(24)29/h5-6,11,13-16H,7H2,1-4H3/t11-,13+,14-,15-,16+/m0/s1. The summed E-state index contributed by atoms with van der Waals surface area (Å²) in [5, 5.41) is 0. The van der Waals surface area contributed by atoms with E-state index in [0.29, 0.717) is 0 Å². The molecule has 0 amide bonds. The minimum Gasteiger partial charge on any atom is -0.481 e. The molecule has 1 aromatic rings. The Morgan fingerprint density at radius 3 is 2.09 bits per heavy atom. The fourth-order valence-electron chi connectivity index (χ4n) is 3.13. The Balaban J connectivity index is 2.66. The van der Waals surface area contributed by atoms with Crippen molar-refractivity contribution in [1.82, 2.24) is 9.55 Å². The minimum absolute atomic E-state index is 0.0392. The van der Waals surface area contributed by atoms with E-state index in [2.05, 4.69) is 4.98 Å². The number of hydrogen-bond donors (Lipinski definition) is 0. The SMILES string of the molecule is COc1ccn([C@@H]2O[C@@H](COC(C)=O)[C@@H](OC(C)=O)[C@H](OC(C)=O)[C@@H]2OC(=O)C(Cl)(Cl)Cl)c(=O)n1. The van der Waals surface area contributed by atoms with E-state index in [1.807, 2.05) is 0 Å². The van der Waals surface area contributed by atoms with Crippen LogP contribution in [-0.4, -0.2) is 75.4 Å². The van der Waals surface area contributed by atoms with Gasteiger partial charge in [-0.1, -0.05) is 34.8 Å². The number of carbonyl (C=O) groups excluding carboxylic acids is 4. The van der Waals surface area contributed by atoms with Crippen molar-refractivity contribution in [2.75, 3.05) is 13.7 Å². The van der Waals surface area contributed by atoms with E-state index in [-0.39, 0.29) is 5.88 Å². The third-order valence-corrected chi connectivity index (χ3v) is 4.89. The summed E-state index contributed by atoms with van der Waals surface area (Å²) in [5.41, 5.74) is -0.928. The van der Waals surface area contributed by atoms with Gasteiger partial charge >= 0.3 is 29.6 Å². The number of methoxy groups -OCH3 is 1. The first-order valence-electron chi connectivity index (χ1n) is 9.78. The van der Waals surface area contributed by atoms with Crippen LogP contribution in [-0.2, 0) is 42.9 Å². The number of esters is 4. The molecular formula is C19H21Cl3N2O11. The molecule has 0 saturated carbocycles. The third-order valence-electron chi connectivity index (χ3n) is 4.43. The van der Waals surface area contributed by atoms with Crippen LogP contribution in [0.25, 0.3) is 0 Å². The second-order valence-electron chi connectivity index (χ2n) is 7.04. The molecule has 1 aromatic heterocycles. The molecule has 0 N–H and O–H groups in total. The van der Waals surface area contributed by atoms with E-state index >= 15 is 0 Å². The van der Waals surface area contributed by atoms with Crippen molar-refractivity contribution in [2.45, 2.75) is 55.2 Å². The van der Waals surface area contributed by atoms with E-state index in [1.165, 1.54) is 19.4 Å². The number of nitrogens with zero attached hydrogens (tertiary/aromatic N) is 2. The average molecular weight is 560 g/mol. The van der Waals surface area contributed by atoms with Gasteiger partial charge in [0.15, 0.2) is 24.5 Å². The van der Waals surface area contributed by atoms with Crippen molar-refractivity contribution in [3.8, 4) is 5.88 Å². The molecule has 0 radical (unpaired) electrons. The Morgan fingerprint density at radius 2 is 1.60 bits per heavy atom. The lowest BCUT2D eigenvalue weighted by Gasteiger charge is -2.44. The van der Waals surface area contributed by atoms with Gasteiger partial charge in [-0.3, -0.25) is 19.0 Å². The van der Waals surface area contributed by atoms with Gasteiger partial charge in [0.05, 0.1) is 7.11 Å². The third kappa shape index (κ3) is 7.69. The Bertz CT molecular complexity index is 1030. The van der Waals surface area contributed by atoms with Crippen molar-refractivity contribution >= 4 is 58.7 Å². The molecule has 0 unspecified atom stereocenters. The van der Waals surface area contributed by atoms with Gasteiger partial charge in [-0.15, -0.1) is 0 Å². The van der Waals surface area contributed by atoms with Gasteiger partial charge in [0.2, 0.25) is 5.88 Å². The molecule has 0 bridgehead atoms. The lowest BCUT2D eigenvalue weighted by molar-refractivity contribution is -0.269. The largest absolute Gasteiger partial charge is 0.481 e. The van der Waals surface area contributed by atoms with Crippen molar-refractivity contribution in [3.05, 3.63) is 22.7 Å². The minimum atomic E-state index is -2.57. The summed E-state index contributed by atoms with van der Waals surface area (Å²) in [5.74, 6) is -3.87. The number of aromatic nitrogens is 2. The van der Waals surface area contributed by atoms with Crippen LogP contribution < -0.4 is 10.4 Å². The van der Waals surface area contributed by atoms with Crippen LogP contribution in [0.4, 0.5) is 0 Å². The summed E-state index contributed by atoms with van der Waals surface area (Å²) in [6.07, 6.45) is -6.45. The number of alkyl halides is 3. The molecule has 1 fully saturated rings. The van der Waals surface area contributed by atoms with E-state index in [9.17, 15) is 24.0 Å². The summed E-state index contributed by atoms with van der Waals surface area (Å²) in [7, 11) is 1.28. The zero-order valence-corrected chi connectivity index (χ0v) is 21.0. The molecule has 2 rings (SSSR count).